The maximum absolute atomic E-state index is 13.4. The Morgan fingerprint density at radius 1 is 0.879 bits per heavy atom. The molecule has 0 aliphatic carbocycles. The molecule has 5 rings (SSSR count). The maximum atomic E-state index is 13.4. The van der Waals surface area contributed by atoms with Gasteiger partial charge in [-0.1, -0.05) is 78.4 Å². The van der Waals surface area contributed by atoms with Gasteiger partial charge in [-0.05, 0) is 25.5 Å². The molecule has 7 heteroatoms. The van der Waals surface area contributed by atoms with Crippen LogP contribution >= 0.6 is 11.3 Å². The van der Waals surface area contributed by atoms with Gasteiger partial charge in [-0.25, -0.2) is 4.98 Å². The second kappa shape index (κ2) is 8.80. The van der Waals surface area contributed by atoms with E-state index < -0.39 is 0 Å². The fourth-order valence-corrected chi connectivity index (χ4v) is 4.38. The van der Waals surface area contributed by atoms with E-state index in [1.807, 2.05) is 98.1 Å². The number of aromatic nitrogens is 3. The molecule has 0 saturated heterocycles. The Labute approximate surface area is 194 Å². The van der Waals surface area contributed by atoms with Gasteiger partial charge in [-0.3, -0.25) is 9.89 Å². The summed E-state index contributed by atoms with van der Waals surface area (Å²) in [4.78, 5) is 18.1. The van der Waals surface area contributed by atoms with Crippen molar-refractivity contribution in [3.8, 4) is 27.6 Å². The predicted molar refractivity (Wildman–Crippen MR) is 133 cm³/mol. The number of H-pyrrole nitrogens is 1. The van der Waals surface area contributed by atoms with Gasteiger partial charge < -0.3 is 0 Å². The molecule has 33 heavy (non-hydrogen) atoms. The zero-order valence-corrected chi connectivity index (χ0v) is 19.0. The van der Waals surface area contributed by atoms with E-state index in [0.717, 1.165) is 33.6 Å². The van der Waals surface area contributed by atoms with Gasteiger partial charge in [0.2, 0.25) is 5.13 Å². The summed E-state index contributed by atoms with van der Waals surface area (Å²) in [6.07, 6.45) is 0. The van der Waals surface area contributed by atoms with Crippen molar-refractivity contribution < 1.29 is 0 Å². The highest BCUT2D eigenvalue weighted by molar-refractivity contribution is 7.12. The standard InChI is InChI=1S/C26H21N5OS/c1-17-13-14-21(18(2)15-17)28-29-24-23(20-11-7-4-8-12-20)30-31(25(24)32)26-27-22(16-33-26)19-9-5-3-6-10-19/h3-16,30H,1-2H3. The third-order valence-corrected chi connectivity index (χ3v) is 6.12. The van der Waals surface area contributed by atoms with Crippen molar-refractivity contribution in [2.45, 2.75) is 13.8 Å². The van der Waals surface area contributed by atoms with Crippen LogP contribution in [-0.2, 0) is 0 Å². The van der Waals surface area contributed by atoms with E-state index in [9.17, 15) is 4.79 Å². The van der Waals surface area contributed by atoms with Crippen molar-refractivity contribution in [1.29, 1.82) is 0 Å². The highest BCUT2D eigenvalue weighted by Gasteiger charge is 2.19. The third kappa shape index (κ3) is 4.18. The highest BCUT2D eigenvalue weighted by Crippen LogP contribution is 2.30. The van der Waals surface area contributed by atoms with Crippen molar-refractivity contribution in [3.05, 3.63) is 106 Å². The van der Waals surface area contributed by atoms with Crippen LogP contribution in [0.15, 0.2) is 99.3 Å². The summed E-state index contributed by atoms with van der Waals surface area (Å²) >= 11 is 1.40. The van der Waals surface area contributed by atoms with Crippen molar-refractivity contribution >= 4 is 22.7 Å². The Kier molecular flexibility index (Phi) is 5.54. The molecule has 1 N–H and O–H groups in total. The summed E-state index contributed by atoms with van der Waals surface area (Å²) in [5.74, 6) is 0. The van der Waals surface area contributed by atoms with Crippen LogP contribution in [0.5, 0.6) is 0 Å². The Hall–Kier alpha value is -4.10. The van der Waals surface area contributed by atoms with Crippen molar-refractivity contribution in [3.63, 3.8) is 0 Å². The number of nitrogens with one attached hydrogen (secondary N) is 1. The van der Waals surface area contributed by atoms with E-state index in [-0.39, 0.29) is 11.2 Å². The monoisotopic (exact) mass is 451 g/mol. The van der Waals surface area contributed by atoms with Gasteiger partial charge in [0.05, 0.1) is 17.1 Å². The van der Waals surface area contributed by atoms with Crippen molar-refractivity contribution in [1.82, 2.24) is 14.8 Å². The van der Waals surface area contributed by atoms with Gasteiger partial charge in [-0.15, -0.1) is 16.5 Å². The summed E-state index contributed by atoms with van der Waals surface area (Å²) < 4.78 is 1.44. The molecular weight excluding hydrogens is 430 g/mol. The highest BCUT2D eigenvalue weighted by atomic mass is 32.1. The number of rotatable bonds is 5. The number of azo groups is 1. The first-order chi connectivity index (χ1) is 16.1. The molecule has 0 radical (unpaired) electrons. The normalized spacial score (nSPS) is 11.3. The van der Waals surface area contributed by atoms with E-state index in [1.54, 1.807) is 0 Å². The zero-order chi connectivity index (χ0) is 22.8. The molecule has 0 aliphatic rings. The number of hydrogen-bond donors (Lipinski definition) is 1. The van der Waals surface area contributed by atoms with E-state index >= 15 is 0 Å². The lowest BCUT2D eigenvalue weighted by atomic mass is 10.1. The van der Waals surface area contributed by atoms with Crippen LogP contribution < -0.4 is 5.56 Å². The molecule has 0 unspecified atom stereocenters. The molecule has 6 nitrogen and oxygen atoms in total. The van der Waals surface area contributed by atoms with Crippen LogP contribution in [0.1, 0.15) is 11.1 Å². The summed E-state index contributed by atoms with van der Waals surface area (Å²) in [5.41, 5.74) is 6.10. The average molecular weight is 452 g/mol. The van der Waals surface area contributed by atoms with Crippen LogP contribution in [0.4, 0.5) is 11.4 Å². The SMILES string of the molecule is Cc1ccc(N=Nc2c(-c3ccccc3)[nH]n(-c3nc(-c4ccccc4)cs3)c2=O)c(C)c1. The van der Waals surface area contributed by atoms with Crippen LogP contribution in [0.2, 0.25) is 0 Å². The number of aromatic amines is 1. The lowest BCUT2D eigenvalue weighted by molar-refractivity contribution is 0.843. The van der Waals surface area contributed by atoms with E-state index in [2.05, 4.69) is 20.3 Å². The van der Waals surface area contributed by atoms with E-state index in [4.69, 9.17) is 0 Å². The molecule has 0 atom stereocenters. The predicted octanol–water partition coefficient (Wildman–Crippen LogP) is 6.99. The number of benzene rings is 3. The fourth-order valence-electron chi connectivity index (χ4n) is 3.59. The molecular formula is C26H21N5OS. The van der Waals surface area contributed by atoms with Gasteiger partial charge in [0, 0.05) is 16.5 Å². The van der Waals surface area contributed by atoms with E-state index in [1.165, 1.54) is 16.0 Å². The largest absolute Gasteiger partial charge is 0.301 e. The molecule has 0 bridgehead atoms. The molecule has 2 heterocycles. The summed E-state index contributed by atoms with van der Waals surface area (Å²) in [6, 6.07) is 25.5. The minimum atomic E-state index is -0.295. The maximum Gasteiger partial charge on any atom is 0.301 e. The van der Waals surface area contributed by atoms with Gasteiger partial charge in [0.15, 0.2) is 5.69 Å². The summed E-state index contributed by atoms with van der Waals surface area (Å²) in [7, 11) is 0. The topological polar surface area (TPSA) is 75.4 Å². The van der Waals surface area contributed by atoms with Crippen LogP contribution in [0.25, 0.3) is 27.6 Å². The molecule has 0 amide bonds. The first kappa shape index (κ1) is 20.8. The molecule has 0 saturated carbocycles. The number of aryl methyl sites for hydroxylation is 2. The van der Waals surface area contributed by atoms with Crippen LogP contribution in [0, 0.1) is 13.8 Å². The lowest BCUT2D eigenvalue weighted by Crippen LogP contribution is -2.13. The van der Waals surface area contributed by atoms with Crippen LogP contribution in [-0.4, -0.2) is 14.8 Å². The zero-order valence-electron chi connectivity index (χ0n) is 18.2. The van der Waals surface area contributed by atoms with Crippen LogP contribution in [0.3, 0.4) is 0 Å². The van der Waals surface area contributed by atoms with Gasteiger partial charge in [-0.2, -0.15) is 9.80 Å². The first-order valence-electron chi connectivity index (χ1n) is 10.5. The van der Waals surface area contributed by atoms with E-state index in [0.29, 0.717) is 10.8 Å². The fraction of sp³-hybridized carbons (Fsp3) is 0.0769. The Morgan fingerprint density at radius 2 is 1.58 bits per heavy atom. The van der Waals surface area contributed by atoms with Gasteiger partial charge >= 0.3 is 5.56 Å². The minimum Gasteiger partial charge on any atom is -0.286 e. The molecule has 0 aliphatic heterocycles. The summed E-state index contributed by atoms with van der Waals surface area (Å²) in [5, 5.41) is 14.5. The molecule has 2 aromatic heterocycles. The number of thiazole rings is 1. The molecule has 5 aromatic rings. The second-order valence-electron chi connectivity index (χ2n) is 7.71. The Balaban J connectivity index is 1.61. The minimum absolute atomic E-state index is 0.248. The third-order valence-electron chi connectivity index (χ3n) is 5.29. The van der Waals surface area contributed by atoms with Crippen molar-refractivity contribution in [2.75, 3.05) is 0 Å². The number of nitrogens with zero attached hydrogens (tertiary/aromatic N) is 4. The van der Waals surface area contributed by atoms with Crippen molar-refractivity contribution in [2.24, 2.45) is 10.2 Å². The average Bonchev–Trinajstić information content (AvgIpc) is 3.45. The molecule has 0 spiro atoms. The summed E-state index contributed by atoms with van der Waals surface area (Å²) in [6.45, 7) is 4.01. The Bertz CT molecular complexity index is 1500. The quantitative estimate of drug-likeness (QED) is 0.292. The molecule has 3 aromatic carbocycles. The lowest BCUT2D eigenvalue weighted by Gasteiger charge is -2.00. The molecule has 0 fully saturated rings. The number of hydrogen-bond acceptors (Lipinski definition) is 5. The first-order valence-corrected chi connectivity index (χ1v) is 11.4. The smallest absolute Gasteiger partial charge is 0.286 e. The second-order valence-corrected chi connectivity index (χ2v) is 8.55. The molecule has 162 valence electrons. The van der Waals surface area contributed by atoms with Gasteiger partial charge in [0.1, 0.15) is 0 Å². The Morgan fingerprint density at radius 3 is 2.27 bits per heavy atom. The van der Waals surface area contributed by atoms with Gasteiger partial charge in [0.25, 0.3) is 0 Å².